The van der Waals surface area contributed by atoms with Gasteiger partial charge in [0.05, 0.1) is 4.90 Å². The van der Waals surface area contributed by atoms with E-state index in [-0.39, 0.29) is 22.5 Å². The van der Waals surface area contributed by atoms with Crippen LogP contribution in [0.3, 0.4) is 0 Å². The second-order valence-electron chi connectivity index (χ2n) is 5.03. The molecule has 0 heterocycles. The summed E-state index contributed by atoms with van der Waals surface area (Å²) in [5, 5.41) is 0. The Balaban J connectivity index is 3.28. The number of benzene rings is 1. The number of carbonyl (C=O) groups excluding carboxylic acids is 2. The molecule has 1 aromatic carbocycles. The van der Waals surface area contributed by atoms with E-state index < -0.39 is 22.1 Å². The van der Waals surface area contributed by atoms with Crippen LogP contribution in [0.4, 0.5) is 9.59 Å². The summed E-state index contributed by atoms with van der Waals surface area (Å²) in [5.74, 6) is 0. The smallest absolute Gasteiger partial charge is 0.322 e. The molecule has 0 aliphatic rings. The highest BCUT2D eigenvalue weighted by molar-refractivity contribution is 7.89. The number of rotatable bonds is 6. The van der Waals surface area contributed by atoms with Crippen LogP contribution in [-0.2, 0) is 14.9 Å². The van der Waals surface area contributed by atoms with Gasteiger partial charge in [-0.1, -0.05) is 18.2 Å². The van der Waals surface area contributed by atoms with Gasteiger partial charge >= 0.3 is 12.1 Å². The highest BCUT2D eigenvalue weighted by Gasteiger charge is 2.36. The summed E-state index contributed by atoms with van der Waals surface area (Å²) >= 11 is 0. The van der Waals surface area contributed by atoms with E-state index in [1.807, 2.05) is 0 Å². The highest BCUT2D eigenvalue weighted by Crippen LogP contribution is 2.18. The molecule has 0 fully saturated rings. The Bertz CT molecular complexity index is 670. The van der Waals surface area contributed by atoms with Gasteiger partial charge in [0.15, 0.2) is 0 Å². The molecular weight excluding hydrogens is 346 g/mol. The molecule has 0 spiro atoms. The lowest BCUT2D eigenvalue weighted by atomic mass is 10.4. The van der Waals surface area contributed by atoms with Gasteiger partial charge < -0.3 is 14.6 Å². The van der Waals surface area contributed by atoms with E-state index in [0.717, 1.165) is 0 Å². The zero-order chi connectivity index (χ0) is 19.0. The van der Waals surface area contributed by atoms with Crippen LogP contribution in [0, 0.1) is 0 Å². The number of sulfonamides is 1. The first-order valence-electron chi connectivity index (χ1n) is 8.19. The molecule has 25 heavy (non-hydrogen) atoms. The molecule has 0 unspecified atom stereocenters. The van der Waals surface area contributed by atoms with Crippen LogP contribution in [0.15, 0.2) is 35.2 Å². The third-order valence-corrected chi connectivity index (χ3v) is 5.17. The summed E-state index contributed by atoms with van der Waals surface area (Å²) in [7, 11) is -4.34. The lowest BCUT2D eigenvalue weighted by Crippen LogP contribution is -2.49. The Morgan fingerprint density at radius 1 is 0.880 bits per heavy atom. The number of carbonyl (C=O) groups is 2. The van der Waals surface area contributed by atoms with Crippen LogP contribution in [0.1, 0.15) is 27.7 Å². The van der Waals surface area contributed by atoms with Gasteiger partial charge in [-0.3, -0.25) is 0 Å². The summed E-state index contributed by atoms with van der Waals surface area (Å²) in [4.78, 5) is 32.3. The fraction of sp³-hybridized carbons (Fsp3) is 0.500. The number of hydrogen-bond donors (Lipinski definition) is 0. The summed E-state index contributed by atoms with van der Waals surface area (Å²) in [6, 6.07) is 6.47. The largest absolute Gasteiger partial charge is 0.435 e. The molecule has 9 heteroatoms. The van der Waals surface area contributed by atoms with Crippen molar-refractivity contribution in [1.82, 2.24) is 14.3 Å². The molecule has 0 aliphatic carbocycles. The predicted molar refractivity (Wildman–Crippen MR) is 93.2 cm³/mol. The van der Waals surface area contributed by atoms with Crippen molar-refractivity contribution >= 4 is 22.1 Å². The first kappa shape index (κ1) is 20.8. The Morgan fingerprint density at radius 2 is 1.36 bits per heavy atom. The van der Waals surface area contributed by atoms with Crippen molar-refractivity contribution in [1.29, 1.82) is 0 Å². The lowest BCUT2D eigenvalue weighted by Gasteiger charge is -2.28. The lowest BCUT2D eigenvalue weighted by molar-refractivity contribution is -0.0201. The highest BCUT2D eigenvalue weighted by atomic mass is 32.2. The Morgan fingerprint density at radius 3 is 1.80 bits per heavy atom. The van der Waals surface area contributed by atoms with Crippen LogP contribution in [0.25, 0.3) is 0 Å². The molecule has 0 aromatic heterocycles. The first-order valence-corrected chi connectivity index (χ1v) is 9.63. The van der Waals surface area contributed by atoms with Crippen LogP contribution < -0.4 is 0 Å². The van der Waals surface area contributed by atoms with Crippen molar-refractivity contribution in [3.63, 3.8) is 0 Å². The maximum atomic E-state index is 12.8. The van der Waals surface area contributed by atoms with Crippen molar-refractivity contribution in [2.24, 2.45) is 0 Å². The van der Waals surface area contributed by atoms with Gasteiger partial charge in [-0.05, 0) is 44.3 Å². The monoisotopic (exact) mass is 371 g/mol. The minimum atomic E-state index is -4.34. The van der Waals surface area contributed by atoms with Crippen molar-refractivity contribution in [3.05, 3.63) is 30.3 Å². The summed E-state index contributed by atoms with van der Waals surface area (Å²) < 4.78 is 25.8. The predicted octanol–water partition coefficient (Wildman–Crippen LogP) is 2.53. The number of urea groups is 1. The number of amides is 3. The zero-order valence-corrected chi connectivity index (χ0v) is 15.8. The van der Waals surface area contributed by atoms with Gasteiger partial charge in [0.1, 0.15) is 0 Å². The molecule has 8 nitrogen and oxygen atoms in total. The minimum Gasteiger partial charge on any atom is -0.322 e. The van der Waals surface area contributed by atoms with Crippen molar-refractivity contribution in [3.8, 4) is 0 Å². The van der Waals surface area contributed by atoms with E-state index in [0.29, 0.717) is 13.1 Å². The van der Waals surface area contributed by atoms with Crippen LogP contribution in [0.2, 0.25) is 0 Å². The topological polar surface area (TPSA) is 87.2 Å². The Hall–Kier alpha value is -2.29. The molecule has 3 amide bonds. The fourth-order valence-corrected chi connectivity index (χ4v) is 3.27. The van der Waals surface area contributed by atoms with Gasteiger partial charge in [0.25, 0.3) is 10.0 Å². The summed E-state index contributed by atoms with van der Waals surface area (Å²) in [6.07, 6.45) is -0.898. The van der Waals surface area contributed by atoms with Crippen LogP contribution >= 0.6 is 0 Å². The van der Waals surface area contributed by atoms with Crippen molar-refractivity contribution in [2.45, 2.75) is 32.6 Å². The number of hydroxylamine groups is 1. The maximum Gasteiger partial charge on any atom is 0.435 e. The number of nitrogens with zero attached hydrogens (tertiary/aromatic N) is 3. The van der Waals surface area contributed by atoms with Gasteiger partial charge in [0.2, 0.25) is 0 Å². The molecule has 0 saturated carbocycles. The van der Waals surface area contributed by atoms with E-state index in [9.17, 15) is 18.0 Å². The molecule has 0 aliphatic heterocycles. The molecule has 140 valence electrons. The summed E-state index contributed by atoms with van der Waals surface area (Å²) in [6.45, 7) is 8.09. The first-order chi connectivity index (χ1) is 11.8. The SMILES string of the molecule is CCN(CC)C(=O)ON(C(=O)N(CC)CC)S(=O)(=O)c1ccccc1. The quantitative estimate of drug-likeness (QED) is 0.717. The molecule has 1 aromatic rings. The second kappa shape index (κ2) is 9.26. The van der Waals surface area contributed by atoms with Gasteiger partial charge in [-0.25, -0.2) is 9.59 Å². The van der Waals surface area contributed by atoms with Crippen LogP contribution in [0.5, 0.6) is 0 Å². The van der Waals surface area contributed by atoms with Gasteiger partial charge in [-0.2, -0.15) is 8.42 Å². The molecule has 0 saturated heterocycles. The van der Waals surface area contributed by atoms with Crippen molar-refractivity contribution in [2.75, 3.05) is 26.2 Å². The average Bonchev–Trinajstić information content (AvgIpc) is 2.62. The fourth-order valence-electron chi connectivity index (χ4n) is 2.10. The van der Waals surface area contributed by atoms with E-state index >= 15 is 0 Å². The normalized spacial score (nSPS) is 10.9. The standard InChI is InChI=1S/C16H25N3O5S/c1-5-17(6-2)15(20)19(24-16(21)18(7-3)8-4)25(22,23)14-12-10-9-11-13-14/h9-13H,5-8H2,1-4H3. The molecule has 0 N–H and O–H groups in total. The Kier molecular flexibility index (Phi) is 7.69. The minimum absolute atomic E-state index is 0.136. The third-order valence-electron chi connectivity index (χ3n) is 3.63. The maximum absolute atomic E-state index is 12.8. The van der Waals surface area contributed by atoms with Gasteiger partial charge in [0, 0.05) is 26.2 Å². The molecule has 1 rings (SSSR count). The summed E-state index contributed by atoms with van der Waals surface area (Å²) in [5.41, 5.74) is 0. The molecule has 0 radical (unpaired) electrons. The third kappa shape index (κ3) is 4.85. The molecular formula is C16H25N3O5S. The number of hydrogen-bond acceptors (Lipinski definition) is 5. The van der Waals surface area contributed by atoms with E-state index in [4.69, 9.17) is 4.84 Å². The van der Waals surface area contributed by atoms with Crippen LogP contribution in [-0.4, -0.2) is 61.0 Å². The van der Waals surface area contributed by atoms with Gasteiger partial charge in [-0.15, -0.1) is 0 Å². The van der Waals surface area contributed by atoms with E-state index in [1.54, 1.807) is 33.8 Å². The average molecular weight is 371 g/mol. The second-order valence-corrected chi connectivity index (χ2v) is 6.78. The zero-order valence-electron chi connectivity index (χ0n) is 15.0. The molecule has 0 atom stereocenters. The molecule has 0 bridgehead atoms. The van der Waals surface area contributed by atoms with Crippen molar-refractivity contribution < 1.29 is 22.8 Å². The van der Waals surface area contributed by atoms with E-state index in [2.05, 4.69) is 0 Å². The van der Waals surface area contributed by atoms with E-state index in [1.165, 1.54) is 34.1 Å². The Labute approximate surface area is 149 Å².